The van der Waals surface area contributed by atoms with E-state index >= 15 is 0 Å². The maximum atomic E-state index is 5.69. The highest BCUT2D eigenvalue weighted by molar-refractivity contribution is 6.48. The van der Waals surface area contributed by atoms with Gasteiger partial charge >= 0.3 is 0 Å². The van der Waals surface area contributed by atoms with Crippen molar-refractivity contribution in [2.45, 2.75) is 30.5 Å². The van der Waals surface area contributed by atoms with Crippen molar-refractivity contribution < 1.29 is 0 Å². The topological polar surface area (TPSA) is 26.0 Å². The van der Waals surface area contributed by atoms with E-state index in [1.54, 1.807) is 6.92 Å². The van der Waals surface area contributed by atoms with Gasteiger partial charge in [-0.15, -0.1) is 23.2 Å². The van der Waals surface area contributed by atoms with Gasteiger partial charge in [0.15, 0.2) is 0 Å². The van der Waals surface area contributed by atoms with Crippen molar-refractivity contribution in [1.82, 2.24) is 0 Å². The molecule has 0 saturated heterocycles. The van der Waals surface area contributed by atoms with Crippen LogP contribution in [0.2, 0.25) is 0 Å². The molecule has 0 unspecified atom stereocenters. The number of nitrogens with two attached hydrogens (primary N) is 1. The van der Waals surface area contributed by atoms with Gasteiger partial charge in [-0.05, 0) is 32.7 Å². The average Bonchev–Trinajstić information content (AvgIpc) is 1.63. The maximum absolute atomic E-state index is 5.69. The Labute approximate surface area is 66.5 Å². The Hall–Kier alpha value is 0.540. The molecule has 0 bridgehead atoms. The lowest BCUT2D eigenvalue weighted by molar-refractivity contribution is 0.649. The van der Waals surface area contributed by atoms with Crippen LogP contribution >= 0.6 is 23.2 Å². The monoisotopic (exact) mass is 169 g/mol. The molecule has 0 aliphatic rings. The molecule has 0 aliphatic carbocycles. The normalized spacial score (nSPS) is 12.0. The highest BCUT2D eigenvalue weighted by Gasteiger charge is 2.14. The second-order valence-corrected chi connectivity index (χ2v) is 4.18. The van der Waals surface area contributed by atoms with E-state index in [1.807, 2.05) is 0 Å². The Bertz CT molecular complexity index is 67.9. The third-order valence-electron chi connectivity index (χ3n) is 1.07. The number of hydrogen-bond acceptors (Lipinski definition) is 1. The Balaban J connectivity index is 3.07. The first-order valence-corrected chi connectivity index (χ1v) is 3.90. The fraction of sp³-hybridized carbons (Fsp3) is 1.00. The number of unbranched alkanes of at least 4 members (excludes halogenated alkanes) is 1. The third-order valence-corrected chi connectivity index (χ3v) is 1.45. The highest BCUT2D eigenvalue weighted by atomic mass is 35.5. The number of hydrogen-bond donors (Lipinski definition) is 1. The standard InChI is InChI=1S/C6H13Cl2N/c1-6(7,8)4-2-3-5-9/h2-5,9H2,1H3. The van der Waals surface area contributed by atoms with Crippen molar-refractivity contribution >= 4 is 23.2 Å². The molecule has 56 valence electrons. The highest BCUT2D eigenvalue weighted by Crippen LogP contribution is 2.25. The number of alkyl halides is 2. The van der Waals surface area contributed by atoms with Crippen LogP contribution in [0.4, 0.5) is 0 Å². The predicted molar refractivity (Wildman–Crippen MR) is 43.0 cm³/mol. The summed E-state index contributed by atoms with van der Waals surface area (Å²) in [4.78, 5) is 0. The molecule has 0 spiro atoms. The Morgan fingerprint density at radius 3 is 2.22 bits per heavy atom. The summed E-state index contributed by atoms with van der Waals surface area (Å²) in [7, 11) is 0. The lowest BCUT2D eigenvalue weighted by Gasteiger charge is -2.11. The molecule has 0 fully saturated rings. The van der Waals surface area contributed by atoms with Crippen LogP contribution in [0.3, 0.4) is 0 Å². The first-order chi connectivity index (χ1) is 4.06. The summed E-state index contributed by atoms with van der Waals surface area (Å²) >= 11 is 11.4. The van der Waals surface area contributed by atoms with Crippen molar-refractivity contribution in [1.29, 1.82) is 0 Å². The van der Waals surface area contributed by atoms with E-state index in [9.17, 15) is 0 Å². The van der Waals surface area contributed by atoms with Gasteiger partial charge in [0.2, 0.25) is 0 Å². The molecule has 9 heavy (non-hydrogen) atoms. The van der Waals surface area contributed by atoms with Gasteiger partial charge in [0, 0.05) is 0 Å². The molecule has 0 aromatic rings. The molecule has 2 N–H and O–H groups in total. The van der Waals surface area contributed by atoms with Crippen LogP contribution in [0.5, 0.6) is 0 Å². The van der Waals surface area contributed by atoms with Crippen molar-refractivity contribution in [3.8, 4) is 0 Å². The predicted octanol–water partition coefficient (Wildman–Crippen LogP) is 2.31. The van der Waals surface area contributed by atoms with Gasteiger partial charge in [-0.1, -0.05) is 0 Å². The van der Waals surface area contributed by atoms with E-state index in [4.69, 9.17) is 28.9 Å². The molecule has 0 heterocycles. The van der Waals surface area contributed by atoms with Crippen LogP contribution < -0.4 is 5.73 Å². The molecule has 0 rings (SSSR count). The molecule has 0 radical (unpaired) electrons. The molecule has 0 atom stereocenters. The van der Waals surface area contributed by atoms with Gasteiger partial charge < -0.3 is 5.73 Å². The van der Waals surface area contributed by atoms with Crippen LogP contribution in [-0.2, 0) is 0 Å². The summed E-state index contributed by atoms with van der Waals surface area (Å²) in [5.41, 5.74) is 5.27. The summed E-state index contributed by atoms with van der Waals surface area (Å²) in [6.07, 6.45) is 2.85. The zero-order valence-electron chi connectivity index (χ0n) is 5.66. The molecule has 0 aliphatic heterocycles. The summed E-state index contributed by atoms with van der Waals surface area (Å²) < 4.78 is -0.560. The SMILES string of the molecule is CC(Cl)(Cl)CCCCN. The minimum Gasteiger partial charge on any atom is -0.330 e. The first-order valence-electron chi connectivity index (χ1n) is 3.14. The van der Waals surface area contributed by atoms with E-state index in [0.29, 0.717) is 0 Å². The molecule has 0 aromatic carbocycles. The molecule has 0 saturated carbocycles. The van der Waals surface area contributed by atoms with Crippen LogP contribution in [0.15, 0.2) is 0 Å². The van der Waals surface area contributed by atoms with Gasteiger partial charge in [-0.3, -0.25) is 0 Å². The van der Waals surface area contributed by atoms with E-state index in [-0.39, 0.29) is 0 Å². The van der Waals surface area contributed by atoms with Gasteiger partial charge in [-0.2, -0.15) is 0 Å². The van der Waals surface area contributed by atoms with E-state index < -0.39 is 4.33 Å². The van der Waals surface area contributed by atoms with Crippen molar-refractivity contribution in [2.24, 2.45) is 5.73 Å². The number of halogens is 2. The minimum absolute atomic E-state index is 0.560. The van der Waals surface area contributed by atoms with Gasteiger partial charge in [-0.25, -0.2) is 0 Å². The lowest BCUT2D eigenvalue weighted by Crippen LogP contribution is -2.07. The zero-order chi connectivity index (χ0) is 7.33. The molecule has 0 aromatic heterocycles. The van der Waals surface area contributed by atoms with Crippen molar-refractivity contribution in [2.75, 3.05) is 6.54 Å². The Morgan fingerprint density at radius 2 is 1.89 bits per heavy atom. The quantitative estimate of drug-likeness (QED) is 0.508. The largest absolute Gasteiger partial charge is 0.330 e. The Kier molecular flexibility index (Phi) is 4.63. The molecule has 0 amide bonds. The van der Waals surface area contributed by atoms with Crippen LogP contribution in [0.1, 0.15) is 26.2 Å². The molecular weight excluding hydrogens is 157 g/mol. The molecule has 3 heteroatoms. The zero-order valence-corrected chi connectivity index (χ0v) is 7.17. The van der Waals surface area contributed by atoms with E-state index in [2.05, 4.69) is 0 Å². The van der Waals surface area contributed by atoms with Gasteiger partial charge in [0.1, 0.15) is 4.33 Å². The third kappa shape index (κ3) is 8.54. The minimum atomic E-state index is -0.560. The van der Waals surface area contributed by atoms with Crippen LogP contribution in [0.25, 0.3) is 0 Å². The smallest absolute Gasteiger partial charge is 0.115 e. The molecular formula is C6H13Cl2N. The number of rotatable bonds is 4. The van der Waals surface area contributed by atoms with E-state index in [0.717, 1.165) is 25.8 Å². The van der Waals surface area contributed by atoms with Crippen LogP contribution in [0, 0.1) is 0 Å². The Morgan fingerprint density at radius 1 is 1.33 bits per heavy atom. The maximum Gasteiger partial charge on any atom is 0.115 e. The van der Waals surface area contributed by atoms with Crippen molar-refractivity contribution in [3.05, 3.63) is 0 Å². The van der Waals surface area contributed by atoms with Gasteiger partial charge in [0.25, 0.3) is 0 Å². The second-order valence-electron chi connectivity index (χ2n) is 2.32. The summed E-state index contributed by atoms with van der Waals surface area (Å²) in [6, 6.07) is 0. The summed E-state index contributed by atoms with van der Waals surface area (Å²) in [5, 5.41) is 0. The lowest BCUT2D eigenvalue weighted by atomic mass is 10.2. The van der Waals surface area contributed by atoms with E-state index in [1.165, 1.54) is 0 Å². The fourth-order valence-corrected chi connectivity index (χ4v) is 0.847. The van der Waals surface area contributed by atoms with Gasteiger partial charge in [0.05, 0.1) is 0 Å². The fourth-order valence-electron chi connectivity index (χ4n) is 0.580. The second kappa shape index (κ2) is 4.37. The van der Waals surface area contributed by atoms with Crippen molar-refractivity contribution in [3.63, 3.8) is 0 Å². The summed E-state index contributed by atoms with van der Waals surface area (Å²) in [6.45, 7) is 2.52. The van der Waals surface area contributed by atoms with Crippen LogP contribution in [-0.4, -0.2) is 10.9 Å². The first kappa shape index (κ1) is 9.54. The molecule has 1 nitrogen and oxygen atoms in total. The summed E-state index contributed by atoms with van der Waals surface area (Å²) in [5.74, 6) is 0. The average molecular weight is 170 g/mol.